The molecule has 13 heteroatoms. The Bertz CT molecular complexity index is 643. The van der Waals surface area contributed by atoms with E-state index in [2.05, 4.69) is 9.72 Å². The van der Waals surface area contributed by atoms with Gasteiger partial charge in [-0.15, -0.1) is 13.2 Å². The van der Waals surface area contributed by atoms with E-state index in [0.29, 0.717) is 0 Å². The number of ether oxygens (including phenoxy) is 1. The zero-order valence-electron chi connectivity index (χ0n) is 9.59. The summed E-state index contributed by atoms with van der Waals surface area (Å²) in [5.74, 6) is -1.86. The molecule has 2 N–H and O–H groups in total. The van der Waals surface area contributed by atoms with Gasteiger partial charge in [-0.2, -0.15) is 13.2 Å². The number of pyridine rings is 1. The summed E-state index contributed by atoms with van der Waals surface area (Å²) in [5.41, 5.74) is 1.76. The molecule has 0 amide bonds. The Morgan fingerprint density at radius 1 is 1.24 bits per heavy atom. The summed E-state index contributed by atoms with van der Waals surface area (Å²) in [4.78, 5) is 1.58. The first-order valence-corrected chi connectivity index (χ1v) is 7.08. The first kappa shape index (κ1) is 17.8. The molecular weight excluding hydrogens is 354 g/mol. The van der Waals surface area contributed by atoms with Crippen molar-refractivity contribution in [3.05, 3.63) is 17.3 Å². The second kappa shape index (κ2) is 5.50. The van der Waals surface area contributed by atoms with E-state index in [4.69, 9.17) is 16.4 Å². The summed E-state index contributed by atoms with van der Waals surface area (Å²) in [5, 5.41) is 0. The molecule has 0 aliphatic carbocycles. The van der Waals surface area contributed by atoms with Crippen molar-refractivity contribution < 1.29 is 39.5 Å². The maximum absolute atomic E-state index is 12.9. The van der Waals surface area contributed by atoms with Crippen LogP contribution in [0.25, 0.3) is 0 Å². The minimum atomic E-state index is -5.46. The third-order valence-corrected chi connectivity index (χ3v) is 3.45. The Balaban J connectivity index is 3.71. The molecule has 0 aromatic carbocycles. The number of nitrogens with zero attached hydrogens (tertiary/aromatic N) is 1. The maximum Gasteiger partial charge on any atom is 0.574 e. The second-order valence-corrected chi connectivity index (χ2v) is 6.00. The summed E-state index contributed by atoms with van der Waals surface area (Å²) in [6.45, 7) is -1.05. The predicted octanol–water partition coefficient (Wildman–Crippen LogP) is 2.39. The number of rotatable bonds is 3. The molecule has 0 aliphatic heterocycles. The van der Waals surface area contributed by atoms with E-state index >= 15 is 0 Å². The molecule has 0 saturated heterocycles. The molecule has 1 aromatic heterocycles. The van der Waals surface area contributed by atoms with Crippen LogP contribution in [0.3, 0.4) is 0 Å². The van der Waals surface area contributed by atoms with E-state index in [9.17, 15) is 34.8 Å². The molecular formula is C8H5ClF6N2O3S. The van der Waals surface area contributed by atoms with Gasteiger partial charge in [0.25, 0.3) is 9.05 Å². The first-order valence-electron chi connectivity index (χ1n) is 4.77. The third-order valence-electron chi connectivity index (χ3n) is 2.07. The van der Waals surface area contributed by atoms with Crippen molar-refractivity contribution in [2.24, 2.45) is 5.73 Å². The van der Waals surface area contributed by atoms with Crippen molar-refractivity contribution in [1.29, 1.82) is 0 Å². The van der Waals surface area contributed by atoms with Gasteiger partial charge in [-0.05, 0) is 0 Å². The Morgan fingerprint density at radius 3 is 2.10 bits per heavy atom. The predicted molar refractivity (Wildman–Crippen MR) is 56.9 cm³/mol. The molecule has 1 aromatic rings. The molecule has 0 spiro atoms. The van der Waals surface area contributed by atoms with Crippen LogP contribution in [0.4, 0.5) is 26.3 Å². The number of halogens is 7. The fourth-order valence-electron chi connectivity index (χ4n) is 1.40. The molecule has 0 saturated carbocycles. The van der Waals surface area contributed by atoms with Gasteiger partial charge < -0.3 is 10.5 Å². The van der Waals surface area contributed by atoms with E-state index < -0.39 is 50.0 Å². The summed E-state index contributed by atoms with van der Waals surface area (Å²) >= 11 is 0. The molecule has 0 atom stereocenters. The van der Waals surface area contributed by atoms with Crippen LogP contribution in [0.1, 0.15) is 11.1 Å². The number of hydrogen-bond acceptors (Lipinski definition) is 5. The van der Waals surface area contributed by atoms with Crippen LogP contribution >= 0.6 is 10.7 Å². The first-order chi connectivity index (χ1) is 9.27. The second-order valence-electron chi connectivity index (χ2n) is 3.47. The number of nitrogens with two attached hydrogens (primary N) is 1. The van der Waals surface area contributed by atoms with E-state index in [1.54, 1.807) is 0 Å². The van der Waals surface area contributed by atoms with Crippen molar-refractivity contribution >= 4 is 19.7 Å². The van der Waals surface area contributed by atoms with Crippen LogP contribution in [0.15, 0.2) is 11.1 Å². The Labute approximate surface area is 118 Å². The highest BCUT2D eigenvalue weighted by Gasteiger charge is 2.43. The largest absolute Gasteiger partial charge is 0.574 e. The minimum Gasteiger partial charge on any atom is -0.387 e. The molecule has 0 aliphatic rings. The number of aromatic nitrogens is 1. The van der Waals surface area contributed by atoms with Gasteiger partial charge in [-0.3, -0.25) is 0 Å². The van der Waals surface area contributed by atoms with Crippen LogP contribution < -0.4 is 10.5 Å². The number of hydrogen-bond donors (Lipinski definition) is 1. The SMILES string of the molecule is NCc1c(S(=O)(=O)Cl)cnc(OC(F)(F)F)c1C(F)(F)F. The van der Waals surface area contributed by atoms with Crippen LogP contribution in [-0.2, 0) is 21.8 Å². The van der Waals surface area contributed by atoms with E-state index in [0.717, 1.165) is 0 Å². The number of alkyl halides is 6. The highest BCUT2D eigenvalue weighted by Crippen LogP contribution is 2.41. The standard InChI is InChI=1S/C8H5ClF6N2O3S/c9-21(18,19)4-2-17-6(20-8(13,14)15)5(3(4)1-16)7(10,11)12/h2H,1,16H2. The van der Waals surface area contributed by atoms with E-state index in [1.807, 2.05) is 0 Å². The fourth-order valence-corrected chi connectivity index (χ4v) is 2.46. The molecule has 5 nitrogen and oxygen atoms in total. The highest BCUT2D eigenvalue weighted by atomic mass is 35.7. The van der Waals surface area contributed by atoms with Crippen molar-refractivity contribution in [3.63, 3.8) is 0 Å². The van der Waals surface area contributed by atoms with Gasteiger partial charge in [0.2, 0.25) is 5.88 Å². The molecule has 21 heavy (non-hydrogen) atoms. The van der Waals surface area contributed by atoms with Gasteiger partial charge in [-0.1, -0.05) is 0 Å². The van der Waals surface area contributed by atoms with Crippen LogP contribution in [0.5, 0.6) is 5.88 Å². The normalized spacial score (nSPS) is 13.3. The van der Waals surface area contributed by atoms with Crippen molar-refractivity contribution in [2.45, 2.75) is 24.0 Å². The summed E-state index contributed by atoms with van der Waals surface area (Å²) < 4.78 is 100. The highest BCUT2D eigenvalue weighted by molar-refractivity contribution is 8.13. The Morgan fingerprint density at radius 2 is 1.76 bits per heavy atom. The van der Waals surface area contributed by atoms with E-state index in [-0.39, 0.29) is 6.20 Å². The van der Waals surface area contributed by atoms with E-state index in [1.165, 1.54) is 0 Å². The quantitative estimate of drug-likeness (QED) is 0.662. The van der Waals surface area contributed by atoms with Gasteiger partial charge in [-0.25, -0.2) is 13.4 Å². The summed E-state index contributed by atoms with van der Waals surface area (Å²) in [6.07, 6.45) is -10.6. The summed E-state index contributed by atoms with van der Waals surface area (Å²) in [6, 6.07) is 0. The lowest BCUT2D eigenvalue weighted by Crippen LogP contribution is -2.24. The lowest BCUT2D eigenvalue weighted by molar-refractivity contribution is -0.278. The van der Waals surface area contributed by atoms with Crippen LogP contribution in [-0.4, -0.2) is 19.8 Å². The maximum atomic E-state index is 12.9. The Hall–Kier alpha value is -1.27. The zero-order chi connectivity index (χ0) is 16.6. The van der Waals surface area contributed by atoms with Gasteiger partial charge >= 0.3 is 12.5 Å². The van der Waals surface area contributed by atoms with Gasteiger partial charge in [0, 0.05) is 22.8 Å². The van der Waals surface area contributed by atoms with Crippen LogP contribution in [0, 0.1) is 0 Å². The van der Waals surface area contributed by atoms with Gasteiger partial charge in [0.05, 0.1) is 6.20 Å². The Kier molecular flexibility index (Phi) is 4.65. The lowest BCUT2D eigenvalue weighted by atomic mass is 10.1. The molecule has 1 heterocycles. The summed E-state index contributed by atoms with van der Waals surface area (Å²) in [7, 11) is 0.200. The average Bonchev–Trinajstić information content (AvgIpc) is 2.22. The average molecular weight is 359 g/mol. The molecule has 1 rings (SSSR count). The van der Waals surface area contributed by atoms with Gasteiger partial charge in [0.1, 0.15) is 10.5 Å². The molecule has 0 radical (unpaired) electrons. The van der Waals surface area contributed by atoms with Crippen molar-refractivity contribution in [3.8, 4) is 5.88 Å². The third kappa shape index (κ3) is 4.35. The fraction of sp³-hybridized carbons (Fsp3) is 0.375. The molecule has 120 valence electrons. The molecule has 0 fully saturated rings. The van der Waals surface area contributed by atoms with Gasteiger partial charge in [0.15, 0.2) is 0 Å². The smallest absolute Gasteiger partial charge is 0.387 e. The topological polar surface area (TPSA) is 82.3 Å². The zero-order valence-corrected chi connectivity index (χ0v) is 11.2. The van der Waals surface area contributed by atoms with Crippen LogP contribution in [0.2, 0.25) is 0 Å². The molecule has 0 bridgehead atoms. The van der Waals surface area contributed by atoms with Crippen molar-refractivity contribution in [1.82, 2.24) is 4.98 Å². The molecule has 0 unspecified atom stereocenters. The minimum absolute atomic E-state index is 0.209. The van der Waals surface area contributed by atoms with Crippen molar-refractivity contribution in [2.75, 3.05) is 0 Å². The lowest BCUT2D eigenvalue weighted by Gasteiger charge is -2.18. The monoisotopic (exact) mass is 358 g/mol.